The molecule has 0 aromatic heterocycles. The monoisotopic (exact) mass is 371 g/mol. The number of nitrogens with one attached hydrogen (secondary N) is 1. The Hall–Kier alpha value is -1.75. The fourth-order valence-corrected chi connectivity index (χ4v) is 5.42. The van der Waals surface area contributed by atoms with Crippen LogP contribution in [0.4, 0.5) is 5.69 Å². The van der Waals surface area contributed by atoms with E-state index in [4.69, 9.17) is 4.74 Å². The molecule has 5 heteroatoms. The van der Waals surface area contributed by atoms with Crippen LogP contribution in [0.2, 0.25) is 0 Å². The minimum Gasteiger partial charge on any atom is -0.497 e. The van der Waals surface area contributed by atoms with E-state index >= 15 is 0 Å². The first-order valence-electron chi connectivity index (χ1n) is 10.5. The molecule has 1 heterocycles. The largest absolute Gasteiger partial charge is 0.497 e. The predicted molar refractivity (Wildman–Crippen MR) is 108 cm³/mol. The van der Waals surface area contributed by atoms with Gasteiger partial charge in [-0.1, -0.05) is 6.42 Å². The molecule has 4 atom stereocenters. The third-order valence-corrected chi connectivity index (χ3v) is 7.08. The number of amides is 1. The maximum Gasteiger partial charge on any atom is 0.236 e. The van der Waals surface area contributed by atoms with Crippen LogP contribution in [-0.4, -0.2) is 56.7 Å². The molecule has 2 saturated carbocycles. The number of fused-ring (bicyclic) bond motifs is 2. The predicted octanol–water partition coefficient (Wildman–Crippen LogP) is 2.76. The molecular formula is C22H33N3O2. The highest BCUT2D eigenvalue weighted by Gasteiger charge is 2.41. The van der Waals surface area contributed by atoms with Crippen LogP contribution in [0.25, 0.3) is 0 Å². The second-order valence-corrected chi connectivity index (χ2v) is 8.57. The summed E-state index contributed by atoms with van der Waals surface area (Å²) >= 11 is 0. The number of nitrogens with zero attached hydrogens (tertiary/aromatic N) is 2. The van der Waals surface area contributed by atoms with Gasteiger partial charge in [0.2, 0.25) is 5.91 Å². The zero-order valence-corrected chi connectivity index (χ0v) is 16.7. The summed E-state index contributed by atoms with van der Waals surface area (Å²) < 4.78 is 5.23. The lowest BCUT2D eigenvalue weighted by molar-refractivity contribution is -0.130. The molecule has 0 unspecified atom stereocenters. The van der Waals surface area contributed by atoms with Crippen molar-refractivity contribution in [1.82, 2.24) is 10.2 Å². The molecule has 1 amide bonds. The maximum absolute atomic E-state index is 12.6. The molecule has 0 radical (unpaired) electrons. The second kappa shape index (κ2) is 8.09. The molecule has 3 fully saturated rings. The van der Waals surface area contributed by atoms with Crippen LogP contribution >= 0.6 is 0 Å². The lowest BCUT2D eigenvalue weighted by Crippen LogP contribution is -2.52. The SMILES string of the molecule is COc1ccc(N2CCN(C(=O)CN[C@@H](C)[C@@H]3C[C@H]4CC[C@H]3C4)CC2)cc1. The van der Waals surface area contributed by atoms with Crippen LogP contribution in [0.1, 0.15) is 32.6 Å². The lowest BCUT2D eigenvalue weighted by Gasteiger charge is -2.36. The number of benzene rings is 1. The molecule has 148 valence electrons. The Balaban J connectivity index is 1.21. The van der Waals surface area contributed by atoms with Gasteiger partial charge in [0.05, 0.1) is 13.7 Å². The number of piperazine rings is 1. The van der Waals surface area contributed by atoms with Crippen molar-refractivity contribution < 1.29 is 9.53 Å². The van der Waals surface area contributed by atoms with E-state index in [2.05, 4.69) is 29.3 Å². The first kappa shape index (κ1) is 18.6. The molecule has 4 rings (SSSR count). The van der Waals surface area contributed by atoms with Crippen LogP contribution in [0.15, 0.2) is 24.3 Å². The van der Waals surface area contributed by atoms with Crippen molar-refractivity contribution in [3.8, 4) is 5.75 Å². The molecule has 1 saturated heterocycles. The Morgan fingerprint density at radius 3 is 2.48 bits per heavy atom. The fraction of sp³-hybridized carbons (Fsp3) is 0.682. The quantitative estimate of drug-likeness (QED) is 0.835. The standard InChI is InChI=1S/C22H33N3O2/c1-16(21-14-17-3-4-18(21)13-17)23-15-22(26)25-11-9-24(10-12-25)19-5-7-20(27-2)8-6-19/h5-8,16-18,21,23H,3-4,9-15H2,1-2H3/t16-,17-,18-,21-/m0/s1. The van der Waals surface area contributed by atoms with Gasteiger partial charge in [0.25, 0.3) is 0 Å². The highest BCUT2D eigenvalue weighted by Crippen LogP contribution is 2.49. The average molecular weight is 372 g/mol. The molecule has 1 aliphatic heterocycles. The van der Waals surface area contributed by atoms with Gasteiger partial charge in [0, 0.05) is 37.9 Å². The minimum atomic E-state index is 0.249. The zero-order valence-electron chi connectivity index (χ0n) is 16.7. The van der Waals surface area contributed by atoms with Gasteiger partial charge < -0.3 is 19.9 Å². The number of rotatable bonds is 6. The second-order valence-electron chi connectivity index (χ2n) is 8.57. The maximum atomic E-state index is 12.6. The van der Waals surface area contributed by atoms with Gasteiger partial charge in [0.15, 0.2) is 0 Å². The summed E-state index contributed by atoms with van der Waals surface area (Å²) in [6, 6.07) is 8.63. The van der Waals surface area contributed by atoms with E-state index in [1.54, 1.807) is 7.11 Å². The van der Waals surface area contributed by atoms with E-state index in [0.29, 0.717) is 12.6 Å². The summed E-state index contributed by atoms with van der Waals surface area (Å²) in [6.07, 6.45) is 5.64. The van der Waals surface area contributed by atoms with E-state index in [1.807, 2.05) is 17.0 Å². The Labute approximate surface area is 163 Å². The van der Waals surface area contributed by atoms with Crippen molar-refractivity contribution in [1.29, 1.82) is 0 Å². The highest BCUT2D eigenvalue weighted by atomic mass is 16.5. The number of carbonyl (C=O) groups is 1. The third kappa shape index (κ3) is 4.08. The summed E-state index contributed by atoms with van der Waals surface area (Å²) in [5.74, 6) is 3.78. The number of carbonyl (C=O) groups excluding carboxylic acids is 1. The normalized spacial score (nSPS) is 28.4. The van der Waals surface area contributed by atoms with E-state index < -0.39 is 0 Å². The average Bonchev–Trinajstić information content (AvgIpc) is 3.36. The van der Waals surface area contributed by atoms with E-state index in [0.717, 1.165) is 49.7 Å². The zero-order chi connectivity index (χ0) is 18.8. The highest BCUT2D eigenvalue weighted by molar-refractivity contribution is 5.78. The van der Waals surface area contributed by atoms with E-state index in [9.17, 15) is 4.79 Å². The van der Waals surface area contributed by atoms with E-state index in [-0.39, 0.29) is 5.91 Å². The van der Waals surface area contributed by atoms with Crippen LogP contribution in [0.5, 0.6) is 5.75 Å². The molecule has 2 aliphatic carbocycles. The van der Waals surface area contributed by atoms with Gasteiger partial charge in [-0.05, 0) is 68.2 Å². The first-order valence-corrected chi connectivity index (χ1v) is 10.5. The first-order chi connectivity index (χ1) is 13.1. The van der Waals surface area contributed by atoms with Gasteiger partial charge in [-0.15, -0.1) is 0 Å². The van der Waals surface area contributed by atoms with Crippen molar-refractivity contribution in [2.24, 2.45) is 17.8 Å². The number of anilines is 1. The Morgan fingerprint density at radius 2 is 1.89 bits per heavy atom. The van der Waals surface area contributed by atoms with Crippen LogP contribution < -0.4 is 15.0 Å². The van der Waals surface area contributed by atoms with Gasteiger partial charge in [0.1, 0.15) is 5.75 Å². The van der Waals surface area contributed by atoms with Gasteiger partial charge in [-0.2, -0.15) is 0 Å². The number of methoxy groups -OCH3 is 1. The molecule has 1 aromatic carbocycles. The number of hydrogen-bond acceptors (Lipinski definition) is 4. The molecule has 1 N–H and O–H groups in total. The molecular weight excluding hydrogens is 338 g/mol. The Bertz CT molecular complexity index is 639. The van der Waals surface area contributed by atoms with E-state index in [1.165, 1.54) is 31.4 Å². The molecule has 3 aliphatic rings. The van der Waals surface area contributed by atoms with Gasteiger partial charge in [-0.25, -0.2) is 0 Å². The van der Waals surface area contributed by atoms with Crippen molar-refractivity contribution in [3.05, 3.63) is 24.3 Å². The summed E-state index contributed by atoms with van der Waals surface area (Å²) in [6.45, 7) is 6.14. The topological polar surface area (TPSA) is 44.8 Å². The summed E-state index contributed by atoms with van der Waals surface area (Å²) in [5, 5.41) is 3.54. The van der Waals surface area contributed by atoms with Crippen molar-refractivity contribution in [3.63, 3.8) is 0 Å². The molecule has 2 bridgehead atoms. The number of hydrogen-bond donors (Lipinski definition) is 1. The van der Waals surface area contributed by atoms with Crippen LogP contribution in [0, 0.1) is 17.8 Å². The van der Waals surface area contributed by atoms with Crippen molar-refractivity contribution in [2.45, 2.75) is 38.6 Å². The van der Waals surface area contributed by atoms with Crippen LogP contribution in [-0.2, 0) is 4.79 Å². The fourth-order valence-electron chi connectivity index (χ4n) is 5.42. The summed E-state index contributed by atoms with van der Waals surface area (Å²) in [4.78, 5) is 17.0. The molecule has 5 nitrogen and oxygen atoms in total. The number of ether oxygens (including phenoxy) is 1. The van der Waals surface area contributed by atoms with Gasteiger partial charge in [-0.3, -0.25) is 4.79 Å². The van der Waals surface area contributed by atoms with Crippen LogP contribution in [0.3, 0.4) is 0 Å². The smallest absolute Gasteiger partial charge is 0.236 e. The molecule has 0 spiro atoms. The minimum absolute atomic E-state index is 0.249. The van der Waals surface area contributed by atoms with Crippen molar-refractivity contribution >= 4 is 11.6 Å². The summed E-state index contributed by atoms with van der Waals surface area (Å²) in [5.41, 5.74) is 1.20. The Morgan fingerprint density at radius 1 is 1.15 bits per heavy atom. The third-order valence-electron chi connectivity index (χ3n) is 7.08. The summed E-state index contributed by atoms with van der Waals surface area (Å²) in [7, 11) is 1.69. The molecule has 1 aromatic rings. The van der Waals surface area contributed by atoms with Crippen molar-refractivity contribution in [2.75, 3.05) is 44.7 Å². The van der Waals surface area contributed by atoms with Gasteiger partial charge >= 0.3 is 0 Å². The molecule has 27 heavy (non-hydrogen) atoms. The Kier molecular flexibility index (Phi) is 5.58. The lowest BCUT2D eigenvalue weighted by atomic mass is 9.84.